The van der Waals surface area contributed by atoms with Gasteiger partial charge in [-0.1, -0.05) is 16.8 Å². The number of aryl methyl sites for hydroxylation is 2. The highest BCUT2D eigenvalue weighted by atomic mass is 35.5. The molecule has 0 spiro atoms. The first-order valence-corrected chi connectivity index (χ1v) is 10.3. The predicted molar refractivity (Wildman–Crippen MR) is 105 cm³/mol. The van der Waals surface area contributed by atoms with Crippen molar-refractivity contribution in [2.45, 2.75) is 57.4 Å². The largest absolute Gasteiger partial charge is 0.352 e. The van der Waals surface area contributed by atoms with Gasteiger partial charge in [-0.05, 0) is 45.1 Å². The summed E-state index contributed by atoms with van der Waals surface area (Å²) < 4.78 is 7.30. The van der Waals surface area contributed by atoms with Crippen LogP contribution in [-0.2, 0) is 6.54 Å². The zero-order valence-electron chi connectivity index (χ0n) is 15.7. The van der Waals surface area contributed by atoms with Gasteiger partial charge in [-0.3, -0.25) is 9.48 Å². The number of rotatable bonds is 7. The van der Waals surface area contributed by atoms with Crippen LogP contribution < -0.4 is 5.32 Å². The molecule has 0 atom stereocenters. The molecule has 3 heterocycles. The monoisotopic (exact) mass is 399 g/mol. The summed E-state index contributed by atoms with van der Waals surface area (Å²) in [6.45, 7) is 3.14. The molecule has 0 bridgehead atoms. The molecule has 28 heavy (non-hydrogen) atoms. The van der Waals surface area contributed by atoms with Crippen molar-refractivity contribution in [1.82, 2.24) is 25.2 Å². The Morgan fingerprint density at radius 2 is 2.11 bits per heavy atom. The molecule has 3 aromatic rings. The topological polar surface area (TPSA) is 85.8 Å². The highest BCUT2D eigenvalue weighted by Gasteiger charge is 2.34. The zero-order chi connectivity index (χ0) is 19.3. The molecule has 1 N–H and O–H groups in total. The number of aromatic nitrogens is 4. The van der Waals surface area contributed by atoms with E-state index in [1.807, 2.05) is 23.9 Å². The van der Waals surface area contributed by atoms with Crippen LogP contribution >= 0.6 is 11.6 Å². The van der Waals surface area contributed by atoms with Crippen LogP contribution in [0.5, 0.6) is 0 Å². The molecule has 2 aliphatic rings. The highest BCUT2D eigenvalue weighted by molar-refractivity contribution is 6.31. The second-order valence-electron chi connectivity index (χ2n) is 7.83. The lowest BCUT2D eigenvalue weighted by molar-refractivity contribution is 0.0954. The molecule has 2 saturated carbocycles. The molecule has 146 valence electrons. The van der Waals surface area contributed by atoms with E-state index >= 15 is 0 Å². The van der Waals surface area contributed by atoms with Gasteiger partial charge in [0.2, 0.25) is 0 Å². The number of hydrogen-bond acceptors (Lipinski definition) is 5. The summed E-state index contributed by atoms with van der Waals surface area (Å²) >= 11 is 6.03. The average Bonchev–Trinajstić information content (AvgIpc) is 3.61. The van der Waals surface area contributed by atoms with E-state index in [-0.39, 0.29) is 5.91 Å². The molecule has 0 aliphatic heterocycles. The first-order valence-electron chi connectivity index (χ1n) is 9.88. The van der Waals surface area contributed by atoms with Crippen LogP contribution in [0, 0.1) is 6.92 Å². The molecule has 5 rings (SSSR count). The maximum Gasteiger partial charge on any atom is 0.259 e. The van der Waals surface area contributed by atoms with Gasteiger partial charge in [0.1, 0.15) is 0 Å². The summed E-state index contributed by atoms with van der Waals surface area (Å²) in [5.74, 6) is 0.751. The highest BCUT2D eigenvalue weighted by Crippen LogP contribution is 2.45. The number of fused-ring (bicyclic) bond motifs is 1. The fourth-order valence-electron chi connectivity index (χ4n) is 3.54. The van der Waals surface area contributed by atoms with Crippen molar-refractivity contribution in [1.29, 1.82) is 0 Å². The Kier molecular flexibility index (Phi) is 4.34. The zero-order valence-corrected chi connectivity index (χ0v) is 16.5. The standard InChI is InChI=1S/C20H22ClN5O2/c1-11-15(21)10-26(24-11)8-2-7-22-19(27)14-9-16(12-3-4-12)23-20-17(14)18(25-28-20)13-5-6-13/h9-10,12-13H,2-8H2,1H3,(H,22,27). The Labute approximate surface area is 167 Å². The van der Waals surface area contributed by atoms with E-state index in [0.717, 1.165) is 54.6 Å². The summed E-state index contributed by atoms with van der Waals surface area (Å²) in [4.78, 5) is 17.6. The molecule has 7 nitrogen and oxygen atoms in total. The summed E-state index contributed by atoms with van der Waals surface area (Å²) in [6.07, 6.45) is 7.01. The summed E-state index contributed by atoms with van der Waals surface area (Å²) in [7, 11) is 0. The van der Waals surface area contributed by atoms with E-state index in [1.54, 1.807) is 0 Å². The van der Waals surface area contributed by atoms with Crippen LogP contribution in [0.3, 0.4) is 0 Å². The summed E-state index contributed by atoms with van der Waals surface area (Å²) in [5.41, 5.74) is 3.79. The Morgan fingerprint density at radius 3 is 2.79 bits per heavy atom. The van der Waals surface area contributed by atoms with Crippen molar-refractivity contribution in [2.24, 2.45) is 0 Å². The number of nitrogens with zero attached hydrogens (tertiary/aromatic N) is 4. The molecule has 2 fully saturated rings. The van der Waals surface area contributed by atoms with Gasteiger partial charge in [0.05, 0.1) is 27.4 Å². The van der Waals surface area contributed by atoms with Gasteiger partial charge in [-0.25, -0.2) is 4.98 Å². The predicted octanol–water partition coefficient (Wildman–Crippen LogP) is 3.96. The Balaban J connectivity index is 1.32. The van der Waals surface area contributed by atoms with Gasteiger partial charge in [0, 0.05) is 36.8 Å². The number of amides is 1. The summed E-state index contributed by atoms with van der Waals surface area (Å²) in [5, 5.41) is 13.1. The molecule has 0 saturated heterocycles. The lowest BCUT2D eigenvalue weighted by Gasteiger charge is -2.08. The molecule has 0 aromatic carbocycles. The molecule has 2 aliphatic carbocycles. The van der Waals surface area contributed by atoms with Crippen molar-refractivity contribution < 1.29 is 9.32 Å². The van der Waals surface area contributed by atoms with Crippen LogP contribution in [0.1, 0.15) is 71.4 Å². The van der Waals surface area contributed by atoms with Crippen molar-refractivity contribution in [2.75, 3.05) is 6.54 Å². The van der Waals surface area contributed by atoms with Crippen LogP contribution in [-0.4, -0.2) is 32.4 Å². The van der Waals surface area contributed by atoms with E-state index in [1.165, 1.54) is 0 Å². The van der Waals surface area contributed by atoms with Gasteiger partial charge in [0.15, 0.2) is 0 Å². The number of carbonyl (C=O) groups excluding carboxylic acids is 1. The molecular formula is C20H22ClN5O2. The van der Waals surface area contributed by atoms with E-state index in [9.17, 15) is 4.79 Å². The molecule has 1 amide bonds. The quantitative estimate of drug-likeness (QED) is 0.608. The lowest BCUT2D eigenvalue weighted by atomic mass is 10.1. The second kappa shape index (κ2) is 6.88. The number of nitrogens with one attached hydrogen (secondary N) is 1. The molecule has 3 aromatic heterocycles. The van der Waals surface area contributed by atoms with Gasteiger partial charge in [-0.15, -0.1) is 0 Å². The van der Waals surface area contributed by atoms with Crippen LogP contribution in [0.15, 0.2) is 16.8 Å². The minimum atomic E-state index is -0.0888. The van der Waals surface area contributed by atoms with E-state index in [4.69, 9.17) is 16.1 Å². The van der Waals surface area contributed by atoms with E-state index < -0.39 is 0 Å². The Hall–Kier alpha value is -2.41. The number of hydrogen-bond donors (Lipinski definition) is 1. The van der Waals surface area contributed by atoms with Crippen molar-refractivity contribution in [3.8, 4) is 0 Å². The fourth-order valence-corrected chi connectivity index (χ4v) is 3.69. The minimum absolute atomic E-state index is 0.0888. The Bertz CT molecular complexity index is 1030. The second-order valence-corrected chi connectivity index (χ2v) is 8.23. The SMILES string of the molecule is Cc1nn(CCCNC(=O)c2cc(C3CC3)nc3onc(C4CC4)c23)cc1Cl. The number of halogens is 1. The first-order chi connectivity index (χ1) is 13.6. The third kappa shape index (κ3) is 3.39. The van der Waals surface area contributed by atoms with Gasteiger partial charge >= 0.3 is 0 Å². The molecule has 0 radical (unpaired) electrons. The maximum absolute atomic E-state index is 13.0. The van der Waals surface area contributed by atoms with Gasteiger partial charge < -0.3 is 9.84 Å². The molecular weight excluding hydrogens is 378 g/mol. The smallest absolute Gasteiger partial charge is 0.259 e. The third-order valence-electron chi connectivity index (χ3n) is 5.43. The maximum atomic E-state index is 13.0. The summed E-state index contributed by atoms with van der Waals surface area (Å²) in [6, 6.07) is 1.94. The molecule has 0 unspecified atom stereocenters. The first kappa shape index (κ1) is 17.7. The van der Waals surface area contributed by atoms with Crippen LogP contribution in [0.4, 0.5) is 0 Å². The fraction of sp³-hybridized carbons (Fsp3) is 0.500. The number of carbonyl (C=O) groups is 1. The average molecular weight is 400 g/mol. The van der Waals surface area contributed by atoms with Gasteiger partial charge in [-0.2, -0.15) is 5.10 Å². The number of pyridine rings is 1. The van der Waals surface area contributed by atoms with Crippen molar-refractivity contribution >= 4 is 28.6 Å². The van der Waals surface area contributed by atoms with Crippen LogP contribution in [0.2, 0.25) is 5.02 Å². The minimum Gasteiger partial charge on any atom is -0.352 e. The lowest BCUT2D eigenvalue weighted by Crippen LogP contribution is -2.26. The van der Waals surface area contributed by atoms with Crippen molar-refractivity contribution in [3.63, 3.8) is 0 Å². The van der Waals surface area contributed by atoms with E-state index in [2.05, 4.69) is 20.6 Å². The molecule has 8 heteroatoms. The van der Waals surface area contributed by atoms with Gasteiger partial charge in [0.25, 0.3) is 11.6 Å². The third-order valence-corrected chi connectivity index (χ3v) is 5.80. The Morgan fingerprint density at radius 1 is 1.32 bits per heavy atom. The van der Waals surface area contributed by atoms with Crippen LogP contribution in [0.25, 0.3) is 11.1 Å². The van der Waals surface area contributed by atoms with Crippen molar-refractivity contribution in [3.05, 3.63) is 39.9 Å². The van der Waals surface area contributed by atoms with E-state index in [0.29, 0.717) is 41.2 Å². The normalized spacial score (nSPS) is 16.6.